The Balaban J connectivity index is 2.46. The Bertz CT molecular complexity index is 582. The number of pyridine rings is 2. The van der Waals surface area contributed by atoms with Gasteiger partial charge in [0.05, 0.1) is 6.20 Å². The van der Waals surface area contributed by atoms with Gasteiger partial charge in [0.15, 0.2) is 0 Å². The fourth-order valence-electron chi connectivity index (χ4n) is 1.12. The van der Waals surface area contributed by atoms with Gasteiger partial charge in [0.25, 0.3) is 11.9 Å². The lowest BCUT2D eigenvalue weighted by Gasteiger charge is -2.08. The van der Waals surface area contributed by atoms with Crippen molar-refractivity contribution < 1.29 is 22.3 Å². The van der Waals surface area contributed by atoms with Crippen molar-refractivity contribution in [3.8, 4) is 11.5 Å². The number of halogens is 5. The second kappa shape index (κ2) is 4.89. The van der Waals surface area contributed by atoms with E-state index in [1.54, 1.807) is 0 Å². The molecule has 0 aromatic carbocycles. The molecule has 0 bridgehead atoms. The van der Waals surface area contributed by atoms with Gasteiger partial charge in [-0.1, -0.05) is 0 Å². The van der Waals surface area contributed by atoms with Crippen LogP contribution < -0.4 is 4.74 Å². The molecule has 94 valence electrons. The molecular weight excluding hydrogens is 320 g/mol. The van der Waals surface area contributed by atoms with Crippen molar-refractivity contribution in [2.24, 2.45) is 0 Å². The molecule has 2 rings (SSSR count). The first-order valence-corrected chi connectivity index (χ1v) is 5.26. The third-order valence-corrected chi connectivity index (χ3v) is 2.29. The standard InChI is InChI=1S/C10H3BrF4N2O/c11-4-1-5(3-16-2-4)18-8-6(12)9(14)17-10(15)7(8)13/h1-3H. The number of nitrogens with zero attached hydrogens (tertiary/aromatic N) is 2. The van der Waals surface area contributed by atoms with Crippen LogP contribution in [-0.2, 0) is 0 Å². The van der Waals surface area contributed by atoms with Crippen molar-refractivity contribution in [3.05, 3.63) is 46.5 Å². The zero-order chi connectivity index (χ0) is 13.3. The molecule has 0 unspecified atom stereocenters. The molecule has 3 nitrogen and oxygen atoms in total. The zero-order valence-electron chi connectivity index (χ0n) is 8.42. The highest BCUT2D eigenvalue weighted by Gasteiger charge is 2.22. The Morgan fingerprint density at radius 3 is 2.17 bits per heavy atom. The predicted octanol–water partition coefficient (Wildman–Crippen LogP) is 3.59. The summed E-state index contributed by atoms with van der Waals surface area (Å²) < 4.78 is 57.3. The minimum absolute atomic E-state index is 0.0906. The van der Waals surface area contributed by atoms with E-state index in [4.69, 9.17) is 4.74 Å². The van der Waals surface area contributed by atoms with Crippen LogP contribution in [0.5, 0.6) is 11.5 Å². The summed E-state index contributed by atoms with van der Waals surface area (Å²) in [4.78, 5) is 6.07. The third-order valence-electron chi connectivity index (χ3n) is 1.86. The molecule has 0 atom stereocenters. The summed E-state index contributed by atoms with van der Waals surface area (Å²) in [5.74, 6) is -8.30. The van der Waals surface area contributed by atoms with Crippen molar-refractivity contribution >= 4 is 15.9 Å². The van der Waals surface area contributed by atoms with Gasteiger partial charge in [-0.05, 0) is 22.0 Å². The monoisotopic (exact) mass is 322 g/mol. The van der Waals surface area contributed by atoms with E-state index in [1.807, 2.05) is 0 Å². The lowest BCUT2D eigenvalue weighted by Crippen LogP contribution is -2.03. The molecular formula is C10H3BrF4N2O. The van der Waals surface area contributed by atoms with Gasteiger partial charge in [0, 0.05) is 10.7 Å². The maximum atomic E-state index is 13.2. The van der Waals surface area contributed by atoms with Crippen LogP contribution in [-0.4, -0.2) is 9.97 Å². The highest BCUT2D eigenvalue weighted by Crippen LogP contribution is 2.30. The van der Waals surface area contributed by atoms with Gasteiger partial charge in [0.2, 0.25) is 17.4 Å². The average Bonchev–Trinajstić information content (AvgIpc) is 2.32. The number of rotatable bonds is 2. The van der Waals surface area contributed by atoms with Crippen molar-refractivity contribution in [2.45, 2.75) is 0 Å². The second-order valence-electron chi connectivity index (χ2n) is 3.09. The van der Waals surface area contributed by atoms with E-state index >= 15 is 0 Å². The van der Waals surface area contributed by atoms with Crippen LogP contribution in [0.1, 0.15) is 0 Å². The molecule has 2 aromatic heterocycles. The molecule has 0 aliphatic heterocycles. The molecule has 2 aromatic rings. The van der Waals surface area contributed by atoms with Gasteiger partial charge in [-0.3, -0.25) is 4.98 Å². The minimum atomic E-state index is -1.79. The first-order valence-electron chi connectivity index (χ1n) is 4.47. The van der Waals surface area contributed by atoms with Crippen LogP contribution in [0.2, 0.25) is 0 Å². The summed E-state index contributed by atoms with van der Waals surface area (Å²) in [6.45, 7) is 0. The molecule has 8 heteroatoms. The normalized spacial score (nSPS) is 10.5. The summed E-state index contributed by atoms with van der Waals surface area (Å²) in [5.41, 5.74) is 0. The van der Waals surface area contributed by atoms with Gasteiger partial charge in [-0.2, -0.15) is 22.5 Å². The number of aromatic nitrogens is 2. The van der Waals surface area contributed by atoms with Gasteiger partial charge >= 0.3 is 0 Å². The summed E-state index contributed by atoms with van der Waals surface area (Å²) in [6, 6.07) is 1.32. The lowest BCUT2D eigenvalue weighted by molar-refractivity contribution is 0.342. The minimum Gasteiger partial charge on any atom is -0.449 e. The van der Waals surface area contributed by atoms with Crippen LogP contribution in [0.15, 0.2) is 22.9 Å². The van der Waals surface area contributed by atoms with Gasteiger partial charge < -0.3 is 4.74 Å². The summed E-state index contributed by atoms with van der Waals surface area (Å²) >= 11 is 3.05. The van der Waals surface area contributed by atoms with E-state index in [2.05, 4.69) is 25.9 Å². The highest BCUT2D eigenvalue weighted by atomic mass is 79.9. The number of hydrogen-bond donors (Lipinski definition) is 0. The van der Waals surface area contributed by atoms with Crippen LogP contribution in [0.3, 0.4) is 0 Å². The zero-order valence-corrected chi connectivity index (χ0v) is 10.0. The molecule has 0 aliphatic carbocycles. The van der Waals surface area contributed by atoms with E-state index in [0.717, 1.165) is 6.20 Å². The Morgan fingerprint density at radius 1 is 1.00 bits per heavy atom. The molecule has 0 saturated heterocycles. The van der Waals surface area contributed by atoms with Gasteiger partial charge in [-0.15, -0.1) is 0 Å². The summed E-state index contributed by atoms with van der Waals surface area (Å²) in [5, 5.41) is 0. The molecule has 0 N–H and O–H groups in total. The Hall–Kier alpha value is -1.70. The molecule has 0 aliphatic rings. The molecule has 0 amide bonds. The first-order chi connectivity index (χ1) is 8.49. The maximum absolute atomic E-state index is 13.2. The molecule has 0 radical (unpaired) electrons. The molecule has 18 heavy (non-hydrogen) atoms. The third kappa shape index (κ3) is 2.42. The largest absolute Gasteiger partial charge is 0.449 e. The van der Waals surface area contributed by atoms with E-state index in [9.17, 15) is 17.6 Å². The molecule has 0 fully saturated rings. The Labute approximate surface area is 107 Å². The van der Waals surface area contributed by atoms with Crippen molar-refractivity contribution in [3.63, 3.8) is 0 Å². The van der Waals surface area contributed by atoms with Crippen molar-refractivity contribution in [2.75, 3.05) is 0 Å². The van der Waals surface area contributed by atoms with Crippen LogP contribution >= 0.6 is 15.9 Å². The number of hydrogen-bond acceptors (Lipinski definition) is 3. The smallest absolute Gasteiger partial charge is 0.255 e. The fourth-order valence-corrected chi connectivity index (χ4v) is 1.47. The van der Waals surface area contributed by atoms with E-state index in [1.165, 1.54) is 12.3 Å². The van der Waals surface area contributed by atoms with Gasteiger partial charge in [-0.25, -0.2) is 0 Å². The topological polar surface area (TPSA) is 35.0 Å². The maximum Gasteiger partial charge on any atom is 0.255 e. The van der Waals surface area contributed by atoms with Crippen LogP contribution in [0.4, 0.5) is 17.6 Å². The Morgan fingerprint density at radius 2 is 1.61 bits per heavy atom. The highest BCUT2D eigenvalue weighted by molar-refractivity contribution is 9.10. The van der Waals surface area contributed by atoms with E-state index < -0.39 is 29.3 Å². The summed E-state index contributed by atoms with van der Waals surface area (Å²) in [7, 11) is 0. The number of ether oxygens (including phenoxy) is 1. The van der Waals surface area contributed by atoms with Crippen molar-refractivity contribution in [1.82, 2.24) is 9.97 Å². The van der Waals surface area contributed by atoms with E-state index in [0.29, 0.717) is 4.47 Å². The summed E-state index contributed by atoms with van der Waals surface area (Å²) in [6.07, 6.45) is 2.52. The average molecular weight is 323 g/mol. The first kappa shape index (κ1) is 12.7. The fraction of sp³-hybridized carbons (Fsp3) is 0. The predicted molar refractivity (Wildman–Crippen MR) is 56.1 cm³/mol. The van der Waals surface area contributed by atoms with Gasteiger partial charge in [0.1, 0.15) is 5.75 Å². The SMILES string of the molecule is Fc1nc(F)c(F)c(Oc2cncc(Br)c2)c1F. The van der Waals surface area contributed by atoms with Crippen molar-refractivity contribution in [1.29, 1.82) is 0 Å². The van der Waals surface area contributed by atoms with Crippen LogP contribution in [0.25, 0.3) is 0 Å². The molecule has 2 heterocycles. The molecule has 0 saturated carbocycles. The lowest BCUT2D eigenvalue weighted by atomic mass is 10.4. The second-order valence-corrected chi connectivity index (χ2v) is 4.01. The van der Waals surface area contributed by atoms with Crippen LogP contribution in [0, 0.1) is 23.5 Å². The molecule has 0 spiro atoms. The quantitative estimate of drug-likeness (QED) is 0.626. The van der Waals surface area contributed by atoms with E-state index in [-0.39, 0.29) is 5.75 Å². The Kier molecular flexibility index (Phi) is 3.46.